The summed E-state index contributed by atoms with van der Waals surface area (Å²) >= 11 is 0. The van der Waals surface area contributed by atoms with Gasteiger partial charge in [0.1, 0.15) is 11.4 Å². The van der Waals surface area contributed by atoms with Crippen LogP contribution in [0.5, 0.6) is 5.75 Å². The van der Waals surface area contributed by atoms with Gasteiger partial charge in [0, 0.05) is 11.5 Å². The summed E-state index contributed by atoms with van der Waals surface area (Å²) in [5.74, 6) is 0.0786. The third kappa shape index (κ3) is 1.75. The summed E-state index contributed by atoms with van der Waals surface area (Å²) in [7, 11) is 2.81. The standard InChI is InChI=1S/C12H11NO4/c1-16-7-3-4-8-9(6-14)11(12(15)17-2)13-10(8)5-7/h3-6,13H,1-2H3. The molecule has 1 heterocycles. The molecule has 88 valence electrons. The van der Waals surface area contributed by atoms with Crippen molar-refractivity contribution >= 4 is 23.2 Å². The second-order valence-electron chi connectivity index (χ2n) is 3.43. The van der Waals surface area contributed by atoms with E-state index in [1.54, 1.807) is 25.3 Å². The summed E-state index contributed by atoms with van der Waals surface area (Å²) in [6.07, 6.45) is 0.636. The van der Waals surface area contributed by atoms with Crippen molar-refractivity contribution in [2.45, 2.75) is 0 Å². The van der Waals surface area contributed by atoms with E-state index in [4.69, 9.17) is 4.74 Å². The normalized spacial score (nSPS) is 10.2. The van der Waals surface area contributed by atoms with Crippen LogP contribution in [0.4, 0.5) is 0 Å². The summed E-state index contributed by atoms with van der Waals surface area (Å²) in [6.45, 7) is 0. The number of aldehydes is 1. The first-order chi connectivity index (χ1) is 8.21. The van der Waals surface area contributed by atoms with Crippen LogP contribution in [0.25, 0.3) is 10.9 Å². The van der Waals surface area contributed by atoms with Crippen LogP contribution in [-0.4, -0.2) is 31.5 Å². The first-order valence-corrected chi connectivity index (χ1v) is 4.94. The van der Waals surface area contributed by atoms with Crippen molar-refractivity contribution in [3.8, 4) is 5.75 Å². The number of hydrogen-bond donors (Lipinski definition) is 1. The number of methoxy groups -OCH3 is 2. The number of ether oxygens (including phenoxy) is 2. The molecule has 5 nitrogen and oxygen atoms in total. The molecule has 0 radical (unpaired) electrons. The smallest absolute Gasteiger partial charge is 0.355 e. The van der Waals surface area contributed by atoms with Crippen LogP contribution >= 0.6 is 0 Å². The fourth-order valence-corrected chi connectivity index (χ4v) is 1.71. The molecule has 1 aromatic heterocycles. The zero-order valence-electron chi connectivity index (χ0n) is 9.44. The molecule has 0 aliphatic heterocycles. The van der Waals surface area contributed by atoms with Gasteiger partial charge in [-0.25, -0.2) is 4.79 Å². The van der Waals surface area contributed by atoms with Gasteiger partial charge < -0.3 is 14.5 Å². The molecule has 2 rings (SSSR count). The van der Waals surface area contributed by atoms with Gasteiger partial charge in [-0.15, -0.1) is 0 Å². The number of hydrogen-bond acceptors (Lipinski definition) is 4. The predicted octanol–water partition coefficient (Wildman–Crippen LogP) is 1.78. The minimum absolute atomic E-state index is 0.158. The minimum atomic E-state index is -0.567. The minimum Gasteiger partial charge on any atom is -0.497 e. The van der Waals surface area contributed by atoms with E-state index in [2.05, 4.69) is 9.72 Å². The van der Waals surface area contributed by atoms with Crippen LogP contribution in [0.15, 0.2) is 18.2 Å². The lowest BCUT2D eigenvalue weighted by Crippen LogP contribution is -2.04. The largest absolute Gasteiger partial charge is 0.497 e. The first-order valence-electron chi connectivity index (χ1n) is 4.94. The second kappa shape index (κ2) is 4.29. The molecule has 17 heavy (non-hydrogen) atoms. The van der Waals surface area contributed by atoms with E-state index in [9.17, 15) is 9.59 Å². The Morgan fingerprint density at radius 2 is 2.12 bits per heavy atom. The number of benzene rings is 1. The number of nitrogens with one attached hydrogen (secondary N) is 1. The molecule has 0 unspecified atom stereocenters. The predicted molar refractivity (Wildman–Crippen MR) is 61.6 cm³/mol. The van der Waals surface area contributed by atoms with Gasteiger partial charge in [0.2, 0.25) is 0 Å². The maximum absolute atomic E-state index is 11.5. The van der Waals surface area contributed by atoms with Crippen LogP contribution in [0.1, 0.15) is 20.8 Å². The summed E-state index contributed by atoms with van der Waals surface area (Å²) in [5.41, 5.74) is 1.12. The summed E-state index contributed by atoms with van der Waals surface area (Å²) in [5, 5.41) is 0.668. The SMILES string of the molecule is COC(=O)c1[nH]c2cc(OC)ccc2c1C=O. The van der Waals surface area contributed by atoms with E-state index < -0.39 is 5.97 Å². The zero-order valence-corrected chi connectivity index (χ0v) is 9.44. The number of carbonyl (C=O) groups excluding carboxylic acids is 2. The fourth-order valence-electron chi connectivity index (χ4n) is 1.71. The summed E-state index contributed by atoms with van der Waals surface area (Å²) in [6, 6.07) is 5.17. The molecule has 1 aromatic carbocycles. The molecular formula is C12H11NO4. The van der Waals surface area contributed by atoms with E-state index in [-0.39, 0.29) is 5.69 Å². The Morgan fingerprint density at radius 3 is 2.71 bits per heavy atom. The van der Waals surface area contributed by atoms with Crippen molar-refractivity contribution in [2.75, 3.05) is 14.2 Å². The number of carbonyl (C=O) groups is 2. The lowest BCUT2D eigenvalue weighted by Gasteiger charge is -1.98. The summed E-state index contributed by atoms with van der Waals surface area (Å²) < 4.78 is 9.67. The number of fused-ring (bicyclic) bond motifs is 1. The molecule has 1 N–H and O–H groups in total. The van der Waals surface area contributed by atoms with Crippen molar-refractivity contribution in [3.63, 3.8) is 0 Å². The molecule has 0 atom stereocenters. The molecule has 0 bridgehead atoms. The summed E-state index contributed by atoms with van der Waals surface area (Å²) in [4.78, 5) is 25.3. The van der Waals surface area contributed by atoms with Crippen LogP contribution < -0.4 is 4.74 Å². The Labute approximate surface area is 97.3 Å². The van der Waals surface area contributed by atoms with Gasteiger partial charge in [0.15, 0.2) is 6.29 Å². The molecule has 5 heteroatoms. The molecular weight excluding hydrogens is 222 g/mol. The molecule has 0 aliphatic carbocycles. The maximum Gasteiger partial charge on any atom is 0.355 e. The molecule has 0 amide bonds. The lowest BCUT2D eigenvalue weighted by molar-refractivity contribution is 0.0593. The Bertz CT molecular complexity index is 585. The molecule has 2 aromatic rings. The molecule has 0 fully saturated rings. The highest BCUT2D eigenvalue weighted by Gasteiger charge is 2.17. The quantitative estimate of drug-likeness (QED) is 0.648. The Balaban J connectivity index is 2.69. The van der Waals surface area contributed by atoms with Crippen molar-refractivity contribution in [1.82, 2.24) is 4.98 Å². The highest BCUT2D eigenvalue weighted by molar-refractivity contribution is 6.08. The van der Waals surface area contributed by atoms with Gasteiger partial charge in [-0.05, 0) is 12.1 Å². The highest BCUT2D eigenvalue weighted by atomic mass is 16.5. The topological polar surface area (TPSA) is 68.4 Å². The second-order valence-corrected chi connectivity index (χ2v) is 3.43. The average Bonchev–Trinajstić information content (AvgIpc) is 2.74. The van der Waals surface area contributed by atoms with Crippen LogP contribution in [0.2, 0.25) is 0 Å². The van der Waals surface area contributed by atoms with Crippen molar-refractivity contribution in [3.05, 3.63) is 29.5 Å². The number of aromatic nitrogens is 1. The highest BCUT2D eigenvalue weighted by Crippen LogP contribution is 2.25. The monoisotopic (exact) mass is 233 g/mol. The number of rotatable bonds is 3. The first kappa shape index (κ1) is 11.2. The number of esters is 1. The molecule has 0 saturated heterocycles. The van der Waals surface area contributed by atoms with Gasteiger partial charge >= 0.3 is 5.97 Å². The Kier molecular flexibility index (Phi) is 2.82. The lowest BCUT2D eigenvalue weighted by atomic mass is 10.1. The van der Waals surface area contributed by atoms with Crippen molar-refractivity contribution < 1.29 is 19.1 Å². The average molecular weight is 233 g/mol. The van der Waals surface area contributed by atoms with E-state index in [0.717, 1.165) is 0 Å². The number of aromatic amines is 1. The van der Waals surface area contributed by atoms with Crippen LogP contribution in [0, 0.1) is 0 Å². The van der Waals surface area contributed by atoms with Crippen molar-refractivity contribution in [1.29, 1.82) is 0 Å². The number of H-pyrrole nitrogens is 1. The van der Waals surface area contributed by atoms with E-state index >= 15 is 0 Å². The molecule has 0 spiro atoms. The van der Waals surface area contributed by atoms with Crippen LogP contribution in [-0.2, 0) is 4.74 Å². The van der Waals surface area contributed by atoms with E-state index in [1.807, 2.05) is 0 Å². The fraction of sp³-hybridized carbons (Fsp3) is 0.167. The Hall–Kier alpha value is -2.30. The zero-order chi connectivity index (χ0) is 12.4. The van der Waals surface area contributed by atoms with E-state index in [1.165, 1.54) is 7.11 Å². The maximum atomic E-state index is 11.5. The van der Waals surface area contributed by atoms with Gasteiger partial charge in [0.05, 0.1) is 25.3 Å². The third-order valence-electron chi connectivity index (χ3n) is 2.55. The van der Waals surface area contributed by atoms with Gasteiger partial charge in [0.25, 0.3) is 0 Å². The van der Waals surface area contributed by atoms with Gasteiger partial charge in [-0.2, -0.15) is 0 Å². The molecule has 0 saturated carbocycles. The van der Waals surface area contributed by atoms with E-state index in [0.29, 0.717) is 28.5 Å². The Morgan fingerprint density at radius 1 is 1.35 bits per heavy atom. The van der Waals surface area contributed by atoms with Gasteiger partial charge in [-0.1, -0.05) is 0 Å². The van der Waals surface area contributed by atoms with Crippen LogP contribution in [0.3, 0.4) is 0 Å². The third-order valence-corrected chi connectivity index (χ3v) is 2.55. The van der Waals surface area contributed by atoms with Gasteiger partial charge in [-0.3, -0.25) is 4.79 Å². The van der Waals surface area contributed by atoms with Crippen molar-refractivity contribution in [2.24, 2.45) is 0 Å². The molecule has 0 aliphatic rings.